The Bertz CT molecular complexity index is 425. The molecule has 1 fully saturated rings. The van der Waals surface area contributed by atoms with Gasteiger partial charge in [0.2, 0.25) is 0 Å². The number of hydrogen-bond donors (Lipinski definition) is 2. The minimum atomic E-state index is -0.281. The molecule has 18 heavy (non-hydrogen) atoms. The van der Waals surface area contributed by atoms with Gasteiger partial charge in [-0.15, -0.1) is 0 Å². The van der Waals surface area contributed by atoms with Crippen LogP contribution in [0.2, 0.25) is 0 Å². The number of carbonyl (C=O) groups excluding carboxylic acids is 1. The zero-order chi connectivity index (χ0) is 13.0. The molecule has 98 valence electrons. The van der Waals surface area contributed by atoms with Gasteiger partial charge in [-0.1, -0.05) is 0 Å². The van der Waals surface area contributed by atoms with Gasteiger partial charge in [-0.2, -0.15) is 0 Å². The second kappa shape index (κ2) is 5.79. The molecule has 0 spiro atoms. The van der Waals surface area contributed by atoms with Crippen LogP contribution in [-0.4, -0.2) is 60.4 Å². The van der Waals surface area contributed by atoms with Gasteiger partial charge in [-0.3, -0.25) is 4.79 Å². The average Bonchev–Trinajstić information content (AvgIpc) is 2.46. The van der Waals surface area contributed by atoms with E-state index in [0.717, 1.165) is 0 Å². The summed E-state index contributed by atoms with van der Waals surface area (Å²) in [6.45, 7) is 1.26. The number of amides is 1. The molecule has 1 atom stereocenters. The Morgan fingerprint density at radius 2 is 2.56 bits per heavy atom. The molecule has 1 saturated heterocycles. The summed E-state index contributed by atoms with van der Waals surface area (Å²) in [4.78, 5) is 18.2. The van der Waals surface area contributed by atoms with Crippen molar-refractivity contribution in [2.75, 3.05) is 38.7 Å². The van der Waals surface area contributed by atoms with Gasteiger partial charge >= 0.3 is 0 Å². The van der Waals surface area contributed by atoms with E-state index in [4.69, 9.17) is 4.74 Å². The van der Waals surface area contributed by atoms with Crippen molar-refractivity contribution in [3.05, 3.63) is 23.9 Å². The summed E-state index contributed by atoms with van der Waals surface area (Å²) in [6, 6.07) is 3.17. The van der Waals surface area contributed by atoms with Crippen molar-refractivity contribution in [3.8, 4) is 0 Å². The second-order valence-corrected chi connectivity index (χ2v) is 4.06. The number of nitrogens with zero attached hydrogens (tertiary/aromatic N) is 2. The van der Waals surface area contributed by atoms with Crippen LogP contribution < -0.4 is 5.32 Å². The Balaban J connectivity index is 2.24. The van der Waals surface area contributed by atoms with E-state index in [1.807, 2.05) is 0 Å². The highest BCUT2D eigenvalue weighted by atomic mass is 16.5. The van der Waals surface area contributed by atoms with E-state index in [-0.39, 0.29) is 18.6 Å². The fraction of sp³-hybridized carbons (Fsp3) is 0.500. The zero-order valence-corrected chi connectivity index (χ0v) is 10.3. The van der Waals surface area contributed by atoms with Crippen LogP contribution in [0.3, 0.4) is 0 Å². The predicted octanol–water partition coefficient (Wildman–Crippen LogP) is -0.0434. The van der Waals surface area contributed by atoms with Crippen molar-refractivity contribution in [1.82, 2.24) is 9.88 Å². The highest BCUT2D eigenvalue weighted by Gasteiger charge is 2.28. The number of hydrogen-bond acceptors (Lipinski definition) is 5. The molecule has 0 radical (unpaired) electrons. The lowest BCUT2D eigenvalue weighted by atomic mass is 10.1. The lowest BCUT2D eigenvalue weighted by Crippen LogP contribution is -2.50. The molecule has 0 aromatic carbocycles. The van der Waals surface area contributed by atoms with Gasteiger partial charge in [-0.25, -0.2) is 4.98 Å². The fourth-order valence-corrected chi connectivity index (χ4v) is 2.01. The number of aliphatic hydroxyl groups excluding tert-OH is 1. The van der Waals surface area contributed by atoms with Crippen molar-refractivity contribution >= 4 is 11.7 Å². The minimum Gasteiger partial charge on any atom is -0.394 e. The van der Waals surface area contributed by atoms with E-state index >= 15 is 0 Å². The summed E-state index contributed by atoms with van der Waals surface area (Å²) in [7, 11) is 1.72. The van der Waals surface area contributed by atoms with Gasteiger partial charge in [-0.05, 0) is 12.1 Å². The first-order valence-electron chi connectivity index (χ1n) is 5.90. The van der Waals surface area contributed by atoms with E-state index in [1.54, 1.807) is 30.3 Å². The molecule has 6 heteroatoms. The van der Waals surface area contributed by atoms with Crippen molar-refractivity contribution in [2.45, 2.75) is 6.04 Å². The summed E-state index contributed by atoms with van der Waals surface area (Å²) in [5, 5.41) is 12.2. The van der Waals surface area contributed by atoms with Crippen LogP contribution in [0.4, 0.5) is 5.82 Å². The minimum absolute atomic E-state index is 0.0963. The number of ether oxygens (including phenoxy) is 1. The van der Waals surface area contributed by atoms with Gasteiger partial charge < -0.3 is 20.1 Å². The number of carbonyl (C=O) groups is 1. The van der Waals surface area contributed by atoms with Crippen LogP contribution in [0, 0.1) is 0 Å². The molecule has 2 N–H and O–H groups in total. The quantitative estimate of drug-likeness (QED) is 0.788. The highest BCUT2D eigenvalue weighted by Crippen LogP contribution is 2.17. The van der Waals surface area contributed by atoms with Gasteiger partial charge in [0.1, 0.15) is 5.82 Å². The summed E-state index contributed by atoms with van der Waals surface area (Å²) < 4.78 is 5.26. The van der Waals surface area contributed by atoms with Gasteiger partial charge in [0.25, 0.3) is 5.91 Å². The SMILES string of the molecule is CNc1ncccc1C(=O)N1CCOCC1CO. The summed E-state index contributed by atoms with van der Waals surface area (Å²) in [6.07, 6.45) is 1.63. The second-order valence-electron chi connectivity index (χ2n) is 4.06. The predicted molar refractivity (Wildman–Crippen MR) is 66.5 cm³/mol. The van der Waals surface area contributed by atoms with Crippen molar-refractivity contribution in [3.63, 3.8) is 0 Å². The third kappa shape index (κ3) is 2.44. The summed E-state index contributed by atoms with van der Waals surface area (Å²) >= 11 is 0. The van der Waals surface area contributed by atoms with Gasteiger partial charge in [0, 0.05) is 19.8 Å². The molecule has 1 unspecified atom stereocenters. The average molecular weight is 251 g/mol. The van der Waals surface area contributed by atoms with E-state index < -0.39 is 0 Å². The van der Waals surface area contributed by atoms with Crippen molar-refractivity contribution < 1.29 is 14.6 Å². The molecule has 1 aromatic rings. The summed E-state index contributed by atoms with van der Waals surface area (Å²) in [5.41, 5.74) is 0.514. The molecule has 1 aromatic heterocycles. The third-order valence-corrected chi connectivity index (χ3v) is 2.97. The van der Waals surface area contributed by atoms with Crippen LogP contribution in [-0.2, 0) is 4.74 Å². The topological polar surface area (TPSA) is 74.7 Å². The number of morpholine rings is 1. The van der Waals surface area contributed by atoms with E-state index in [0.29, 0.717) is 31.1 Å². The maximum absolute atomic E-state index is 12.4. The van der Waals surface area contributed by atoms with Crippen LogP contribution in [0.25, 0.3) is 0 Å². The molecule has 2 heterocycles. The first kappa shape index (κ1) is 12.8. The number of rotatable bonds is 3. The van der Waals surface area contributed by atoms with Crippen LogP contribution in [0.15, 0.2) is 18.3 Å². The number of nitrogens with one attached hydrogen (secondary N) is 1. The molecule has 0 bridgehead atoms. The molecule has 0 aliphatic carbocycles. The van der Waals surface area contributed by atoms with Crippen LogP contribution in [0.1, 0.15) is 10.4 Å². The smallest absolute Gasteiger partial charge is 0.258 e. The highest BCUT2D eigenvalue weighted by molar-refractivity contribution is 5.98. The third-order valence-electron chi connectivity index (χ3n) is 2.97. The van der Waals surface area contributed by atoms with Gasteiger partial charge in [0.15, 0.2) is 0 Å². The molecule has 6 nitrogen and oxygen atoms in total. The number of aromatic nitrogens is 1. The standard InChI is InChI=1S/C12H17N3O3/c1-13-11-10(3-2-4-14-11)12(17)15-5-6-18-8-9(15)7-16/h2-4,9,16H,5-8H2,1H3,(H,13,14). The zero-order valence-electron chi connectivity index (χ0n) is 10.3. The van der Waals surface area contributed by atoms with E-state index in [9.17, 15) is 9.90 Å². The van der Waals surface area contributed by atoms with Crippen molar-refractivity contribution in [2.24, 2.45) is 0 Å². The van der Waals surface area contributed by atoms with Crippen LogP contribution in [0.5, 0.6) is 0 Å². The molecule has 2 rings (SSSR count). The molecule has 1 amide bonds. The Labute approximate surface area is 106 Å². The Morgan fingerprint density at radius 3 is 3.28 bits per heavy atom. The largest absolute Gasteiger partial charge is 0.394 e. The van der Waals surface area contributed by atoms with E-state index in [2.05, 4.69) is 10.3 Å². The van der Waals surface area contributed by atoms with Gasteiger partial charge in [0.05, 0.1) is 31.4 Å². The number of anilines is 1. The lowest BCUT2D eigenvalue weighted by Gasteiger charge is -2.34. The monoisotopic (exact) mass is 251 g/mol. The molecule has 0 saturated carbocycles. The lowest BCUT2D eigenvalue weighted by molar-refractivity contribution is -0.0183. The molecule has 1 aliphatic heterocycles. The first-order valence-corrected chi connectivity index (χ1v) is 5.90. The van der Waals surface area contributed by atoms with E-state index in [1.165, 1.54) is 0 Å². The maximum Gasteiger partial charge on any atom is 0.258 e. The van der Waals surface area contributed by atoms with Crippen LogP contribution >= 0.6 is 0 Å². The van der Waals surface area contributed by atoms with Crippen molar-refractivity contribution in [1.29, 1.82) is 0 Å². The molecular formula is C12H17N3O3. The molecular weight excluding hydrogens is 234 g/mol. The first-order chi connectivity index (χ1) is 8.77. The normalized spacial score (nSPS) is 19.7. The Hall–Kier alpha value is -1.66. The number of pyridine rings is 1. The maximum atomic E-state index is 12.4. The summed E-state index contributed by atoms with van der Waals surface area (Å²) in [5.74, 6) is 0.417. The Kier molecular flexibility index (Phi) is 4.11. The molecule has 1 aliphatic rings. The Morgan fingerprint density at radius 1 is 1.72 bits per heavy atom. The number of aliphatic hydroxyl groups is 1. The fourth-order valence-electron chi connectivity index (χ4n) is 2.01.